The number of hydrogen-bond acceptors (Lipinski definition) is 7. The Hall–Kier alpha value is -4.33. The van der Waals surface area contributed by atoms with Crippen molar-refractivity contribution < 1.29 is 28.9 Å². The zero-order chi connectivity index (χ0) is 23.5. The van der Waals surface area contributed by atoms with Crippen LogP contribution in [0.15, 0.2) is 72.4 Å². The number of aliphatic hydroxyl groups is 1. The van der Waals surface area contributed by atoms with Gasteiger partial charge in [0.1, 0.15) is 17.3 Å². The molecule has 3 aromatic rings. The smallest absolute Gasteiger partial charge is 0.301 e. The topological polar surface area (TPSA) is 98.2 Å². The highest BCUT2D eigenvalue weighted by Gasteiger charge is 2.47. The van der Waals surface area contributed by atoms with Gasteiger partial charge in [0.2, 0.25) is 0 Å². The van der Waals surface area contributed by atoms with Gasteiger partial charge >= 0.3 is 5.91 Å². The molecule has 1 aliphatic heterocycles. The third-order valence-corrected chi connectivity index (χ3v) is 5.43. The molecule has 2 heterocycles. The van der Waals surface area contributed by atoms with Gasteiger partial charge < -0.3 is 19.3 Å². The monoisotopic (exact) mass is 446 g/mol. The van der Waals surface area contributed by atoms with E-state index in [9.17, 15) is 14.7 Å². The molecule has 168 valence electrons. The quantitative estimate of drug-likeness (QED) is 0.350. The van der Waals surface area contributed by atoms with E-state index >= 15 is 0 Å². The van der Waals surface area contributed by atoms with Crippen LogP contribution in [-0.2, 0) is 9.59 Å². The minimum atomic E-state index is -0.929. The number of aliphatic hydroxyl groups excluding tert-OH is 1. The van der Waals surface area contributed by atoms with Crippen molar-refractivity contribution in [3.05, 3.63) is 83.6 Å². The standard InChI is InChI=1S/C25H22N2O6/c1-31-17-10-7-15(8-11-17)23(28)21-22(16-9-12-18(32-2)19(14-16)33-3)27(25(30)24(21)29)20-6-4-5-13-26-20/h4-14,22,28H,1-3H3/b23-21+/t22-/m0/s1. The minimum Gasteiger partial charge on any atom is -0.507 e. The lowest BCUT2D eigenvalue weighted by Gasteiger charge is -2.25. The molecule has 0 bridgehead atoms. The summed E-state index contributed by atoms with van der Waals surface area (Å²) in [4.78, 5) is 31.8. The number of amides is 1. The van der Waals surface area contributed by atoms with Crippen molar-refractivity contribution in [3.63, 3.8) is 0 Å². The van der Waals surface area contributed by atoms with Crippen LogP contribution in [0.1, 0.15) is 17.2 Å². The Balaban J connectivity index is 1.94. The minimum absolute atomic E-state index is 0.0527. The Morgan fingerprint density at radius 1 is 0.909 bits per heavy atom. The van der Waals surface area contributed by atoms with E-state index < -0.39 is 17.7 Å². The van der Waals surface area contributed by atoms with Gasteiger partial charge in [0.15, 0.2) is 11.5 Å². The molecular weight excluding hydrogens is 424 g/mol. The number of rotatable bonds is 6. The highest BCUT2D eigenvalue weighted by Crippen LogP contribution is 2.43. The van der Waals surface area contributed by atoms with Gasteiger partial charge in [-0.05, 0) is 54.1 Å². The summed E-state index contributed by atoms with van der Waals surface area (Å²) in [5.41, 5.74) is 0.871. The number of Topliss-reactive ketones (excluding diaryl/α,β-unsaturated/α-hetero) is 1. The van der Waals surface area contributed by atoms with Crippen molar-refractivity contribution in [1.29, 1.82) is 0 Å². The number of benzene rings is 2. The fourth-order valence-corrected chi connectivity index (χ4v) is 3.81. The van der Waals surface area contributed by atoms with Gasteiger partial charge in [-0.25, -0.2) is 4.98 Å². The van der Waals surface area contributed by atoms with Gasteiger partial charge in [-0.1, -0.05) is 12.1 Å². The second kappa shape index (κ2) is 9.04. The molecule has 0 aliphatic carbocycles. The summed E-state index contributed by atoms with van der Waals surface area (Å²) >= 11 is 0. The number of carbonyl (C=O) groups excluding carboxylic acids is 2. The first kappa shape index (κ1) is 21.9. The van der Waals surface area contributed by atoms with E-state index in [4.69, 9.17) is 14.2 Å². The zero-order valence-corrected chi connectivity index (χ0v) is 18.3. The molecular formula is C25H22N2O6. The van der Waals surface area contributed by atoms with Crippen LogP contribution < -0.4 is 19.1 Å². The van der Waals surface area contributed by atoms with Crippen LogP contribution in [0, 0.1) is 0 Å². The Bertz CT molecular complexity index is 1220. The normalized spacial score (nSPS) is 17.2. The molecule has 4 rings (SSSR count). The van der Waals surface area contributed by atoms with Gasteiger partial charge in [0, 0.05) is 11.8 Å². The molecule has 1 N–H and O–H groups in total. The maximum absolute atomic E-state index is 13.2. The Morgan fingerprint density at radius 2 is 1.64 bits per heavy atom. The third-order valence-electron chi connectivity index (χ3n) is 5.43. The highest BCUT2D eigenvalue weighted by molar-refractivity contribution is 6.51. The number of hydrogen-bond donors (Lipinski definition) is 1. The fraction of sp³-hybridized carbons (Fsp3) is 0.160. The molecule has 0 radical (unpaired) electrons. The summed E-state index contributed by atoms with van der Waals surface area (Å²) in [6.07, 6.45) is 1.53. The fourth-order valence-electron chi connectivity index (χ4n) is 3.81. The number of methoxy groups -OCH3 is 3. The number of anilines is 1. The molecule has 1 fully saturated rings. The molecule has 1 saturated heterocycles. The molecule has 1 atom stereocenters. The first-order valence-corrected chi connectivity index (χ1v) is 10.1. The van der Waals surface area contributed by atoms with E-state index in [1.807, 2.05) is 0 Å². The number of ether oxygens (including phenoxy) is 3. The first-order chi connectivity index (χ1) is 16.0. The summed E-state index contributed by atoms with van der Waals surface area (Å²) in [5.74, 6) is -0.103. The molecule has 8 heteroatoms. The molecule has 8 nitrogen and oxygen atoms in total. The van der Waals surface area contributed by atoms with E-state index in [1.54, 1.807) is 60.7 Å². The average Bonchev–Trinajstić information content (AvgIpc) is 3.13. The number of pyridine rings is 1. The number of carbonyl (C=O) groups is 2. The lowest BCUT2D eigenvalue weighted by molar-refractivity contribution is -0.132. The zero-order valence-electron chi connectivity index (χ0n) is 18.3. The highest BCUT2D eigenvalue weighted by atomic mass is 16.5. The largest absolute Gasteiger partial charge is 0.507 e. The van der Waals surface area contributed by atoms with Crippen molar-refractivity contribution in [3.8, 4) is 17.2 Å². The maximum atomic E-state index is 13.2. The van der Waals surface area contributed by atoms with Gasteiger partial charge in [-0.3, -0.25) is 14.5 Å². The lowest BCUT2D eigenvalue weighted by atomic mass is 9.95. The second-order valence-electron chi connectivity index (χ2n) is 7.20. The molecule has 1 aromatic heterocycles. The molecule has 1 aliphatic rings. The number of nitrogens with zero attached hydrogens (tertiary/aromatic N) is 2. The van der Waals surface area contributed by atoms with Crippen molar-refractivity contribution in [2.24, 2.45) is 0 Å². The maximum Gasteiger partial charge on any atom is 0.301 e. The van der Waals surface area contributed by atoms with E-state index in [0.717, 1.165) is 0 Å². The molecule has 33 heavy (non-hydrogen) atoms. The molecule has 2 aromatic carbocycles. The number of aromatic nitrogens is 1. The molecule has 1 amide bonds. The summed E-state index contributed by atoms with van der Waals surface area (Å²) in [7, 11) is 4.54. The van der Waals surface area contributed by atoms with E-state index in [2.05, 4.69) is 4.98 Å². The van der Waals surface area contributed by atoms with Crippen LogP contribution in [0.4, 0.5) is 5.82 Å². The van der Waals surface area contributed by atoms with Crippen LogP contribution in [0.25, 0.3) is 5.76 Å². The second-order valence-corrected chi connectivity index (χ2v) is 7.20. The predicted octanol–water partition coefficient (Wildman–Crippen LogP) is 3.73. The predicted molar refractivity (Wildman–Crippen MR) is 122 cm³/mol. The first-order valence-electron chi connectivity index (χ1n) is 10.1. The van der Waals surface area contributed by atoms with Crippen LogP contribution in [0.3, 0.4) is 0 Å². The van der Waals surface area contributed by atoms with Crippen molar-refractivity contribution in [1.82, 2.24) is 4.98 Å². The van der Waals surface area contributed by atoms with Crippen LogP contribution in [0.2, 0.25) is 0 Å². The Labute approximate surface area is 190 Å². The van der Waals surface area contributed by atoms with Gasteiger partial charge in [0.25, 0.3) is 5.78 Å². The average molecular weight is 446 g/mol. The van der Waals surface area contributed by atoms with E-state index in [0.29, 0.717) is 28.4 Å². The van der Waals surface area contributed by atoms with E-state index in [-0.39, 0.29) is 17.2 Å². The van der Waals surface area contributed by atoms with Gasteiger partial charge in [0.05, 0.1) is 32.9 Å². The van der Waals surface area contributed by atoms with Gasteiger partial charge in [-0.2, -0.15) is 0 Å². The summed E-state index contributed by atoms with van der Waals surface area (Å²) in [6.45, 7) is 0. The summed E-state index contributed by atoms with van der Waals surface area (Å²) < 4.78 is 15.9. The van der Waals surface area contributed by atoms with Gasteiger partial charge in [-0.15, -0.1) is 0 Å². The molecule has 0 saturated carbocycles. The molecule has 0 spiro atoms. The SMILES string of the molecule is COc1ccc(/C(O)=C2\C(=O)C(=O)N(c3ccccn3)[C@H]2c2ccc(OC)c(OC)c2)cc1. The van der Waals surface area contributed by atoms with Crippen LogP contribution in [-0.4, -0.2) is 43.1 Å². The Kier molecular flexibility index (Phi) is 5.99. The van der Waals surface area contributed by atoms with E-state index in [1.165, 1.54) is 32.4 Å². The van der Waals surface area contributed by atoms with Crippen molar-refractivity contribution in [2.45, 2.75) is 6.04 Å². The van der Waals surface area contributed by atoms with Crippen molar-refractivity contribution in [2.75, 3.05) is 26.2 Å². The lowest BCUT2D eigenvalue weighted by Crippen LogP contribution is -2.30. The van der Waals surface area contributed by atoms with Crippen LogP contribution >= 0.6 is 0 Å². The third kappa shape index (κ3) is 3.87. The Morgan fingerprint density at radius 3 is 2.24 bits per heavy atom. The molecule has 0 unspecified atom stereocenters. The summed E-state index contributed by atoms with van der Waals surface area (Å²) in [6, 6.07) is 15.8. The number of ketones is 1. The summed E-state index contributed by atoms with van der Waals surface area (Å²) in [5, 5.41) is 11.2. The van der Waals surface area contributed by atoms with Crippen LogP contribution in [0.5, 0.6) is 17.2 Å². The van der Waals surface area contributed by atoms with Crippen molar-refractivity contribution >= 4 is 23.3 Å².